The fourth-order valence-electron chi connectivity index (χ4n) is 3.52. The van der Waals surface area contributed by atoms with E-state index >= 15 is 0 Å². The summed E-state index contributed by atoms with van der Waals surface area (Å²) in [5, 5.41) is 0. The highest BCUT2D eigenvalue weighted by Crippen LogP contribution is 2.28. The Bertz CT molecular complexity index is 765. The molecule has 1 aliphatic rings. The van der Waals surface area contributed by atoms with E-state index in [9.17, 15) is 4.79 Å². The van der Waals surface area contributed by atoms with Gasteiger partial charge in [-0.05, 0) is 42.2 Å². The van der Waals surface area contributed by atoms with Crippen LogP contribution in [0.1, 0.15) is 61.0 Å². The summed E-state index contributed by atoms with van der Waals surface area (Å²) in [5.41, 5.74) is 5.30. The number of carbonyl (C=O) groups excluding carboxylic acids is 1. The first-order valence-corrected chi connectivity index (χ1v) is 9.91. The van der Waals surface area contributed by atoms with Crippen molar-refractivity contribution in [2.24, 2.45) is 0 Å². The van der Waals surface area contributed by atoms with Gasteiger partial charge in [0.25, 0.3) is 0 Å². The molecule has 0 fully saturated rings. The standard InChI is InChI=1S/C24H29NO/c1-3-5-15-25(16-6-4-2)22-13-11-19(12-14-22)17-21-18-20-9-7-8-10-23(20)24(21)26/h7-14,17H,3-6,15-16,18H2,1-2H3. The van der Waals surface area contributed by atoms with Crippen LogP contribution in [-0.2, 0) is 6.42 Å². The third-order valence-corrected chi connectivity index (χ3v) is 5.10. The molecule has 0 N–H and O–H groups in total. The molecule has 0 amide bonds. The minimum absolute atomic E-state index is 0.178. The van der Waals surface area contributed by atoms with Crippen LogP contribution in [0.2, 0.25) is 0 Å². The zero-order chi connectivity index (χ0) is 18.4. The fraction of sp³-hybridized carbons (Fsp3) is 0.375. The van der Waals surface area contributed by atoms with Gasteiger partial charge in [0.2, 0.25) is 0 Å². The van der Waals surface area contributed by atoms with Crippen LogP contribution in [0.3, 0.4) is 0 Å². The second-order valence-electron chi connectivity index (χ2n) is 7.12. The van der Waals surface area contributed by atoms with Gasteiger partial charge in [-0.25, -0.2) is 0 Å². The molecule has 1 aliphatic carbocycles. The van der Waals surface area contributed by atoms with Crippen LogP contribution >= 0.6 is 0 Å². The average molecular weight is 348 g/mol. The molecule has 0 heterocycles. The lowest BCUT2D eigenvalue weighted by molar-refractivity contribution is 0.104. The first-order chi connectivity index (χ1) is 12.7. The first kappa shape index (κ1) is 18.4. The summed E-state index contributed by atoms with van der Waals surface area (Å²) in [6.45, 7) is 6.71. The normalized spacial score (nSPS) is 14.7. The van der Waals surface area contributed by atoms with Crippen LogP contribution < -0.4 is 4.90 Å². The van der Waals surface area contributed by atoms with Crippen molar-refractivity contribution in [2.45, 2.75) is 46.0 Å². The molecule has 2 aromatic carbocycles. The second-order valence-corrected chi connectivity index (χ2v) is 7.12. The number of benzene rings is 2. The van der Waals surface area contributed by atoms with Gasteiger partial charge in [0, 0.05) is 36.3 Å². The molecule has 2 heteroatoms. The number of unbranched alkanes of at least 4 members (excludes halogenated alkanes) is 2. The minimum atomic E-state index is 0.178. The number of hydrogen-bond donors (Lipinski definition) is 0. The molecule has 2 nitrogen and oxygen atoms in total. The topological polar surface area (TPSA) is 20.3 Å². The summed E-state index contributed by atoms with van der Waals surface area (Å²) in [7, 11) is 0. The number of allylic oxidation sites excluding steroid dienone is 1. The Balaban J connectivity index is 1.74. The third-order valence-electron chi connectivity index (χ3n) is 5.10. The Morgan fingerprint density at radius 1 is 0.923 bits per heavy atom. The molecule has 0 spiro atoms. The van der Waals surface area contributed by atoms with Gasteiger partial charge >= 0.3 is 0 Å². The number of fused-ring (bicyclic) bond motifs is 1. The van der Waals surface area contributed by atoms with Crippen LogP contribution in [0.5, 0.6) is 0 Å². The molecule has 0 aliphatic heterocycles. The van der Waals surface area contributed by atoms with Gasteiger partial charge in [0.05, 0.1) is 0 Å². The first-order valence-electron chi connectivity index (χ1n) is 9.91. The lowest BCUT2D eigenvalue weighted by Gasteiger charge is -2.24. The number of nitrogens with zero attached hydrogens (tertiary/aromatic N) is 1. The summed E-state index contributed by atoms with van der Waals surface area (Å²) < 4.78 is 0. The summed E-state index contributed by atoms with van der Waals surface area (Å²) >= 11 is 0. The van der Waals surface area contributed by atoms with E-state index in [2.05, 4.69) is 55.2 Å². The largest absolute Gasteiger partial charge is 0.372 e. The van der Waals surface area contributed by atoms with Crippen molar-refractivity contribution in [3.05, 3.63) is 70.8 Å². The average Bonchev–Trinajstić information content (AvgIpc) is 2.99. The summed E-state index contributed by atoms with van der Waals surface area (Å²) in [4.78, 5) is 15.0. The lowest BCUT2D eigenvalue weighted by Crippen LogP contribution is -2.25. The van der Waals surface area contributed by atoms with Crippen molar-refractivity contribution in [1.29, 1.82) is 0 Å². The minimum Gasteiger partial charge on any atom is -0.372 e. The Morgan fingerprint density at radius 2 is 1.58 bits per heavy atom. The molecule has 26 heavy (non-hydrogen) atoms. The number of carbonyl (C=O) groups is 1. The number of rotatable bonds is 8. The maximum absolute atomic E-state index is 12.5. The smallest absolute Gasteiger partial charge is 0.189 e. The quantitative estimate of drug-likeness (QED) is 0.553. The summed E-state index contributed by atoms with van der Waals surface area (Å²) in [6, 6.07) is 16.6. The molecular weight excluding hydrogens is 318 g/mol. The van der Waals surface area contributed by atoms with Crippen LogP contribution in [0, 0.1) is 0 Å². The van der Waals surface area contributed by atoms with Gasteiger partial charge in [-0.2, -0.15) is 0 Å². The Morgan fingerprint density at radius 3 is 2.19 bits per heavy atom. The third kappa shape index (κ3) is 4.24. The van der Waals surface area contributed by atoms with Crippen LogP contribution in [0.15, 0.2) is 54.1 Å². The van der Waals surface area contributed by atoms with Crippen molar-refractivity contribution >= 4 is 17.5 Å². The number of Topliss-reactive ketones (excluding diaryl/α,β-unsaturated/α-hetero) is 1. The fourth-order valence-corrected chi connectivity index (χ4v) is 3.52. The Kier molecular flexibility index (Phi) is 6.27. The molecule has 0 unspecified atom stereocenters. The van der Waals surface area contributed by atoms with Crippen LogP contribution in [-0.4, -0.2) is 18.9 Å². The van der Waals surface area contributed by atoms with Gasteiger partial charge in [-0.1, -0.05) is 63.1 Å². The van der Waals surface area contributed by atoms with Crippen LogP contribution in [0.25, 0.3) is 6.08 Å². The van der Waals surface area contributed by atoms with E-state index in [-0.39, 0.29) is 5.78 Å². The van der Waals surface area contributed by atoms with E-state index < -0.39 is 0 Å². The molecule has 0 saturated carbocycles. The molecule has 0 saturated heterocycles. The monoisotopic (exact) mass is 347 g/mol. The van der Waals surface area contributed by atoms with E-state index in [1.807, 2.05) is 18.2 Å². The highest BCUT2D eigenvalue weighted by molar-refractivity contribution is 6.15. The van der Waals surface area contributed by atoms with E-state index in [1.165, 1.54) is 31.4 Å². The zero-order valence-electron chi connectivity index (χ0n) is 16.0. The number of ketones is 1. The molecule has 0 bridgehead atoms. The van der Waals surface area contributed by atoms with E-state index in [0.29, 0.717) is 0 Å². The van der Waals surface area contributed by atoms with Crippen molar-refractivity contribution < 1.29 is 4.79 Å². The van der Waals surface area contributed by atoms with Crippen molar-refractivity contribution in [1.82, 2.24) is 0 Å². The molecule has 0 aromatic heterocycles. The Hall–Kier alpha value is -2.35. The van der Waals surface area contributed by atoms with E-state index in [0.717, 1.165) is 41.8 Å². The van der Waals surface area contributed by atoms with Gasteiger partial charge in [-0.3, -0.25) is 4.79 Å². The number of hydrogen-bond acceptors (Lipinski definition) is 2. The highest BCUT2D eigenvalue weighted by Gasteiger charge is 2.23. The molecule has 0 atom stereocenters. The zero-order valence-corrected chi connectivity index (χ0v) is 16.0. The maximum atomic E-state index is 12.5. The van der Waals surface area contributed by atoms with Crippen molar-refractivity contribution in [3.8, 4) is 0 Å². The van der Waals surface area contributed by atoms with E-state index in [1.54, 1.807) is 0 Å². The molecule has 2 aromatic rings. The summed E-state index contributed by atoms with van der Waals surface area (Å²) in [6.07, 6.45) is 7.68. The predicted octanol–water partition coefficient (Wildman–Crippen LogP) is 5.92. The van der Waals surface area contributed by atoms with Gasteiger partial charge in [-0.15, -0.1) is 0 Å². The second kappa shape index (κ2) is 8.84. The summed E-state index contributed by atoms with van der Waals surface area (Å²) in [5.74, 6) is 0.178. The molecular formula is C24H29NO. The molecule has 0 radical (unpaired) electrons. The maximum Gasteiger partial charge on any atom is 0.189 e. The van der Waals surface area contributed by atoms with Crippen molar-refractivity contribution in [2.75, 3.05) is 18.0 Å². The van der Waals surface area contributed by atoms with Crippen LogP contribution in [0.4, 0.5) is 5.69 Å². The van der Waals surface area contributed by atoms with Crippen molar-refractivity contribution in [3.63, 3.8) is 0 Å². The number of anilines is 1. The predicted molar refractivity (Wildman–Crippen MR) is 111 cm³/mol. The Labute approximate surface area is 157 Å². The van der Waals surface area contributed by atoms with Gasteiger partial charge in [0.15, 0.2) is 5.78 Å². The molecule has 136 valence electrons. The SMILES string of the molecule is CCCCN(CCCC)c1ccc(C=C2Cc3ccccc3C2=O)cc1. The highest BCUT2D eigenvalue weighted by atomic mass is 16.1. The lowest BCUT2D eigenvalue weighted by atomic mass is 10.1. The van der Waals surface area contributed by atoms with E-state index in [4.69, 9.17) is 0 Å². The van der Waals surface area contributed by atoms with Gasteiger partial charge in [0.1, 0.15) is 0 Å². The van der Waals surface area contributed by atoms with Gasteiger partial charge < -0.3 is 4.90 Å². The molecule has 3 rings (SSSR count).